The van der Waals surface area contributed by atoms with Crippen molar-refractivity contribution in [2.75, 3.05) is 0 Å². The third-order valence-electron chi connectivity index (χ3n) is 3.99. The van der Waals surface area contributed by atoms with Gasteiger partial charge >= 0.3 is 0 Å². The Balaban J connectivity index is 1.75. The van der Waals surface area contributed by atoms with Crippen molar-refractivity contribution in [3.8, 4) is 11.4 Å². The van der Waals surface area contributed by atoms with Crippen LogP contribution in [0.3, 0.4) is 0 Å². The van der Waals surface area contributed by atoms with E-state index in [1.54, 1.807) is 30.3 Å². The molecule has 3 aromatic rings. The molecule has 1 aromatic heterocycles. The fraction of sp³-hybridized carbons (Fsp3) is 0.167. The number of ketones is 1. The van der Waals surface area contributed by atoms with Crippen molar-refractivity contribution in [3.63, 3.8) is 0 Å². The minimum Gasteiger partial charge on any atom is -0.366 e. The first-order valence-electron chi connectivity index (χ1n) is 7.72. The molecule has 1 amide bonds. The SMILES string of the molecule is Cc1ccc(C(=O)Cn2nnc(-c3ccc(C(N)=O)cc3)n2)cc1C. The third-order valence-corrected chi connectivity index (χ3v) is 3.99. The average Bonchev–Trinajstić information content (AvgIpc) is 3.05. The number of carbonyl (C=O) groups is 2. The molecule has 2 N–H and O–H groups in total. The van der Waals surface area contributed by atoms with Gasteiger partial charge in [-0.1, -0.05) is 24.3 Å². The Hall–Kier alpha value is -3.35. The van der Waals surface area contributed by atoms with E-state index in [-0.39, 0.29) is 12.3 Å². The standard InChI is InChI=1S/C18H17N5O2/c1-11-3-4-15(9-12(11)2)16(24)10-23-21-18(20-22-23)14-7-5-13(6-8-14)17(19)25/h3-9H,10H2,1-2H3,(H2,19,25). The zero-order chi connectivity index (χ0) is 18.0. The summed E-state index contributed by atoms with van der Waals surface area (Å²) in [6.45, 7) is 3.97. The fourth-order valence-electron chi connectivity index (χ4n) is 2.34. The molecule has 25 heavy (non-hydrogen) atoms. The summed E-state index contributed by atoms with van der Waals surface area (Å²) in [7, 11) is 0. The lowest BCUT2D eigenvalue weighted by Crippen LogP contribution is -2.13. The van der Waals surface area contributed by atoms with Gasteiger partial charge in [-0.2, -0.15) is 4.80 Å². The highest BCUT2D eigenvalue weighted by molar-refractivity contribution is 5.96. The van der Waals surface area contributed by atoms with E-state index in [2.05, 4.69) is 15.4 Å². The van der Waals surface area contributed by atoms with Gasteiger partial charge < -0.3 is 5.73 Å². The van der Waals surface area contributed by atoms with E-state index in [0.29, 0.717) is 22.5 Å². The van der Waals surface area contributed by atoms with Gasteiger partial charge in [0, 0.05) is 16.7 Å². The number of aromatic nitrogens is 4. The normalized spacial score (nSPS) is 10.6. The first-order valence-corrected chi connectivity index (χ1v) is 7.72. The highest BCUT2D eigenvalue weighted by Gasteiger charge is 2.12. The molecule has 3 rings (SSSR count). The van der Waals surface area contributed by atoms with Crippen molar-refractivity contribution in [3.05, 3.63) is 64.7 Å². The summed E-state index contributed by atoms with van der Waals surface area (Å²) < 4.78 is 0. The molecule has 7 heteroatoms. The molecule has 0 bridgehead atoms. The number of Topliss-reactive ketones (excluding diaryl/α,β-unsaturated/α-hetero) is 1. The van der Waals surface area contributed by atoms with Gasteiger partial charge in [-0.05, 0) is 48.4 Å². The molecule has 0 saturated heterocycles. The number of rotatable bonds is 5. The van der Waals surface area contributed by atoms with Gasteiger partial charge in [-0.15, -0.1) is 10.2 Å². The maximum absolute atomic E-state index is 12.4. The lowest BCUT2D eigenvalue weighted by Gasteiger charge is -2.04. The van der Waals surface area contributed by atoms with Crippen LogP contribution in [-0.4, -0.2) is 31.9 Å². The maximum atomic E-state index is 12.4. The minimum atomic E-state index is -0.498. The van der Waals surface area contributed by atoms with Crippen molar-refractivity contribution >= 4 is 11.7 Å². The molecule has 0 saturated carbocycles. The Bertz CT molecular complexity index is 944. The number of carbonyl (C=O) groups excluding carboxylic acids is 2. The first-order chi connectivity index (χ1) is 11.9. The highest BCUT2D eigenvalue weighted by atomic mass is 16.1. The quantitative estimate of drug-likeness (QED) is 0.718. The molecule has 0 radical (unpaired) electrons. The first kappa shape index (κ1) is 16.5. The second kappa shape index (κ2) is 6.64. The van der Waals surface area contributed by atoms with Gasteiger partial charge in [0.2, 0.25) is 11.7 Å². The molecule has 0 fully saturated rings. The van der Waals surface area contributed by atoms with Crippen LogP contribution in [0, 0.1) is 13.8 Å². The van der Waals surface area contributed by atoms with Gasteiger partial charge in [0.05, 0.1) is 0 Å². The van der Waals surface area contributed by atoms with E-state index in [1.807, 2.05) is 26.0 Å². The number of hydrogen-bond donors (Lipinski definition) is 1. The lowest BCUT2D eigenvalue weighted by atomic mass is 10.0. The summed E-state index contributed by atoms with van der Waals surface area (Å²) in [4.78, 5) is 24.7. The Morgan fingerprint density at radius 2 is 1.68 bits per heavy atom. The van der Waals surface area contributed by atoms with Gasteiger partial charge in [0.15, 0.2) is 5.78 Å². The van der Waals surface area contributed by atoms with Crippen LogP contribution in [0.4, 0.5) is 0 Å². The fourth-order valence-corrected chi connectivity index (χ4v) is 2.34. The topological polar surface area (TPSA) is 104 Å². The van der Waals surface area contributed by atoms with E-state index >= 15 is 0 Å². The van der Waals surface area contributed by atoms with Crippen LogP contribution in [0.1, 0.15) is 31.8 Å². The Morgan fingerprint density at radius 1 is 1.00 bits per heavy atom. The Kier molecular flexibility index (Phi) is 4.38. The van der Waals surface area contributed by atoms with Crippen LogP contribution in [0.5, 0.6) is 0 Å². The van der Waals surface area contributed by atoms with Crippen molar-refractivity contribution in [1.29, 1.82) is 0 Å². The van der Waals surface area contributed by atoms with Crippen LogP contribution < -0.4 is 5.73 Å². The summed E-state index contributed by atoms with van der Waals surface area (Å²) in [6.07, 6.45) is 0. The Morgan fingerprint density at radius 3 is 2.32 bits per heavy atom. The van der Waals surface area contributed by atoms with E-state index in [0.717, 1.165) is 11.1 Å². The number of aryl methyl sites for hydroxylation is 2. The predicted molar refractivity (Wildman–Crippen MR) is 92.0 cm³/mol. The monoisotopic (exact) mass is 335 g/mol. The van der Waals surface area contributed by atoms with Crippen LogP contribution in [0.15, 0.2) is 42.5 Å². The zero-order valence-corrected chi connectivity index (χ0v) is 13.9. The summed E-state index contributed by atoms with van der Waals surface area (Å²) in [5, 5.41) is 12.1. The second-order valence-electron chi connectivity index (χ2n) is 5.81. The zero-order valence-electron chi connectivity index (χ0n) is 13.9. The second-order valence-corrected chi connectivity index (χ2v) is 5.81. The number of amides is 1. The summed E-state index contributed by atoms with van der Waals surface area (Å²) in [5.41, 5.74) is 9.12. The molecule has 0 aliphatic carbocycles. The molecule has 0 aliphatic heterocycles. The molecule has 7 nitrogen and oxygen atoms in total. The van der Waals surface area contributed by atoms with Crippen molar-refractivity contribution in [2.45, 2.75) is 20.4 Å². The molecule has 2 aromatic carbocycles. The molecule has 0 unspecified atom stereocenters. The smallest absolute Gasteiger partial charge is 0.248 e. The van der Waals surface area contributed by atoms with E-state index in [1.165, 1.54) is 4.80 Å². The van der Waals surface area contributed by atoms with E-state index in [9.17, 15) is 9.59 Å². The number of benzene rings is 2. The third kappa shape index (κ3) is 3.60. The van der Waals surface area contributed by atoms with Crippen LogP contribution in [0.25, 0.3) is 11.4 Å². The Labute approximate surface area is 144 Å². The van der Waals surface area contributed by atoms with E-state index < -0.39 is 5.91 Å². The van der Waals surface area contributed by atoms with Gasteiger partial charge in [-0.3, -0.25) is 9.59 Å². The summed E-state index contributed by atoms with van der Waals surface area (Å²) in [5.74, 6) is -0.206. The molecule has 0 spiro atoms. The molecule has 1 heterocycles. The molecule has 0 aliphatic rings. The number of nitrogens with two attached hydrogens (primary N) is 1. The average molecular weight is 335 g/mol. The van der Waals surface area contributed by atoms with Crippen molar-refractivity contribution < 1.29 is 9.59 Å². The lowest BCUT2D eigenvalue weighted by molar-refractivity contribution is 0.0959. The van der Waals surface area contributed by atoms with Crippen LogP contribution >= 0.6 is 0 Å². The van der Waals surface area contributed by atoms with E-state index in [4.69, 9.17) is 5.73 Å². The molecule has 0 atom stereocenters. The number of hydrogen-bond acceptors (Lipinski definition) is 5. The molecular formula is C18H17N5O2. The minimum absolute atomic E-state index is 0.00880. The number of tetrazole rings is 1. The predicted octanol–water partition coefficient (Wildman–Crippen LogP) is 1.94. The number of primary amides is 1. The van der Waals surface area contributed by atoms with Gasteiger partial charge in [-0.25, -0.2) is 0 Å². The largest absolute Gasteiger partial charge is 0.366 e. The van der Waals surface area contributed by atoms with Gasteiger partial charge in [0.25, 0.3) is 0 Å². The summed E-state index contributed by atoms with van der Waals surface area (Å²) >= 11 is 0. The maximum Gasteiger partial charge on any atom is 0.248 e. The molecule has 126 valence electrons. The molecular weight excluding hydrogens is 318 g/mol. The van der Waals surface area contributed by atoms with Crippen LogP contribution in [-0.2, 0) is 6.54 Å². The number of nitrogens with zero attached hydrogens (tertiary/aromatic N) is 4. The van der Waals surface area contributed by atoms with Crippen molar-refractivity contribution in [2.24, 2.45) is 5.73 Å². The van der Waals surface area contributed by atoms with Crippen LogP contribution in [0.2, 0.25) is 0 Å². The van der Waals surface area contributed by atoms with Gasteiger partial charge in [0.1, 0.15) is 6.54 Å². The summed E-state index contributed by atoms with van der Waals surface area (Å²) in [6, 6.07) is 12.1. The highest BCUT2D eigenvalue weighted by Crippen LogP contribution is 2.15. The van der Waals surface area contributed by atoms with Crippen molar-refractivity contribution in [1.82, 2.24) is 20.2 Å².